The lowest BCUT2D eigenvalue weighted by Gasteiger charge is -2.46. The van der Waals surface area contributed by atoms with Crippen LogP contribution in [0.3, 0.4) is 0 Å². The van der Waals surface area contributed by atoms with Crippen molar-refractivity contribution in [3.8, 4) is 0 Å². The highest BCUT2D eigenvalue weighted by molar-refractivity contribution is 6.35. The first-order valence-corrected chi connectivity index (χ1v) is 11.1. The Morgan fingerprint density at radius 2 is 2.07 bits per heavy atom. The Hall–Kier alpha value is -1.59. The summed E-state index contributed by atoms with van der Waals surface area (Å²) in [5, 5.41) is 17.1. The average Bonchev–Trinajstić information content (AvgIpc) is 2.98. The summed E-state index contributed by atoms with van der Waals surface area (Å²) in [7, 11) is 1.88. The van der Waals surface area contributed by atoms with Crippen molar-refractivity contribution in [1.29, 1.82) is 0 Å². The first kappa shape index (κ1) is 22.1. The van der Waals surface area contributed by atoms with Crippen molar-refractivity contribution in [3.05, 3.63) is 28.9 Å². The molecule has 4 atom stereocenters. The van der Waals surface area contributed by atoms with E-state index < -0.39 is 11.5 Å². The molecule has 160 valence electrons. The summed E-state index contributed by atoms with van der Waals surface area (Å²) in [6, 6.07) is 5.80. The largest absolute Gasteiger partial charge is 0.390 e. The third kappa shape index (κ3) is 4.17. The molecule has 1 N–H and O–H groups in total. The van der Waals surface area contributed by atoms with Gasteiger partial charge in [-0.3, -0.25) is 9.48 Å². The summed E-state index contributed by atoms with van der Waals surface area (Å²) in [6.07, 6.45) is 3.07. The molecule has 29 heavy (non-hydrogen) atoms. The molecule has 1 heterocycles. The first-order chi connectivity index (χ1) is 13.6. The van der Waals surface area contributed by atoms with E-state index in [-0.39, 0.29) is 18.0 Å². The molecule has 0 radical (unpaired) electrons. The number of fused-ring (bicyclic) bond motifs is 1. The van der Waals surface area contributed by atoms with Gasteiger partial charge in [-0.05, 0) is 64.5 Å². The van der Waals surface area contributed by atoms with Crippen LogP contribution in [0.2, 0.25) is 5.02 Å². The van der Waals surface area contributed by atoms with Crippen LogP contribution >= 0.6 is 11.6 Å². The molecule has 1 aliphatic rings. The highest BCUT2D eigenvalue weighted by Gasteiger charge is 2.42. The summed E-state index contributed by atoms with van der Waals surface area (Å²) in [5.41, 5.74) is 0.952. The van der Waals surface area contributed by atoms with Crippen molar-refractivity contribution in [2.45, 2.75) is 83.9 Å². The van der Waals surface area contributed by atoms with Crippen molar-refractivity contribution in [1.82, 2.24) is 14.7 Å². The fourth-order valence-corrected chi connectivity index (χ4v) is 5.37. The minimum absolute atomic E-state index is 0.0316. The Bertz CT molecular complexity index is 894. The second-order valence-electron chi connectivity index (χ2n) is 9.18. The molecule has 1 aromatic heterocycles. The molecule has 0 bridgehead atoms. The van der Waals surface area contributed by atoms with E-state index in [1.165, 1.54) is 0 Å². The number of aromatic nitrogens is 2. The number of benzene rings is 1. The van der Waals surface area contributed by atoms with Crippen LogP contribution in [0.25, 0.3) is 10.9 Å². The summed E-state index contributed by atoms with van der Waals surface area (Å²) < 4.78 is 1.79. The lowest BCUT2D eigenvalue weighted by atomic mass is 9.74. The van der Waals surface area contributed by atoms with Gasteiger partial charge in [0.05, 0.1) is 27.8 Å². The lowest BCUT2D eigenvalue weighted by molar-refractivity contribution is -0.141. The van der Waals surface area contributed by atoms with Crippen molar-refractivity contribution >= 4 is 28.4 Å². The van der Waals surface area contributed by atoms with Crippen molar-refractivity contribution in [2.24, 2.45) is 13.0 Å². The Balaban J connectivity index is 1.96. The summed E-state index contributed by atoms with van der Waals surface area (Å²) in [6.45, 7) is 10.2. The van der Waals surface area contributed by atoms with Crippen molar-refractivity contribution in [2.75, 3.05) is 0 Å². The predicted octanol–water partition coefficient (Wildman–Crippen LogP) is 4.90. The van der Waals surface area contributed by atoms with E-state index >= 15 is 0 Å². The number of amides is 1. The molecule has 0 spiro atoms. The standard InChI is InChI=1S/C23H34ClN3O2/c1-7-23(29)12-15(4)11-17(13-23)27(14(2)3)22(28)16(5)21-20-18(24)9-8-10-19(20)26(6)25-21/h8-10,14-17,29H,7,11-13H2,1-6H3. The molecule has 4 unspecified atom stereocenters. The van der Waals surface area contributed by atoms with E-state index in [1.807, 2.05) is 44.0 Å². The number of hydrogen-bond donors (Lipinski definition) is 1. The Kier molecular flexibility index (Phi) is 6.30. The molecule has 3 rings (SSSR count). The molecular weight excluding hydrogens is 386 g/mol. The smallest absolute Gasteiger partial charge is 0.232 e. The number of hydrogen-bond acceptors (Lipinski definition) is 3. The number of rotatable bonds is 5. The minimum atomic E-state index is -0.694. The zero-order chi connectivity index (χ0) is 21.5. The third-order valence-corrected chi connectivity index (χ3v) is 6.83. The van der Waals surface area contributed by atoms with Crippen LogP contribution in [0.1, 0.15) is 71.9 Å². The van der Waals surface area contributed by atoms with Gasteiger partial charge in [-0.1, -0.05) is 31.5 Å². The molecule has 1 aliphatic carbocycles. The highest BCUT2D eigenvalue weighted by Crippen LogP contribution is 2.39. The molecule has 5 nitrogen and oxygen atoms in total. The molecule has 1 amide bonds. The van der Waals surface area contributed by atoms with Crippen LogP contribution in [0.5, 0.6) is 0 Å². The topological polar surface area (TPSA) is 58.4 Å². The first-order valence-electron chi connectivity index (χ1n) is 10.7. The maximum atomic E-state index is 13.7. The zero-order valence-corrected chi connectivity index (χ0v) is 19.2. The number of nitrogens with zero attached hydrogens (tertiary/aromatic N) is 3. The number of carbonyl (C=O) groups is 1. The predicted molar refractivity (Wildman–Crippen MR) is 118 cm³/mol. The lowest BCUT2D eigenvalue weighted by Crippen LogP contribution is -2.53. The van der Waals surface area contributed by atoms with Gasteiger partial charge in [0.1, 0.15) is 0 Å². The number of halogens is 1. The monoisotopic (exact) mass is 419 g/mol. The van der Waals surface area contributed by atoms with Crippen LogP contribution in [-0.4, -0.2) is 43.4 Å². The number of aliphatic hydroxyl groups is 1. The fourth-order valence-electron chi connectivity index (χ4n) is 5.10. The Morgan fingerprint density at radius 3 is 2.69 bits per heavy atom. The summed E-state index contributed by atoms with van der Waals surface area (Å²) in [4.78, 5) is 15.7. The normalized spacial score (nSPS) is 26.1. The molecule has 0 aliphatic heterocycles. The van der Waals surface area contributed by atoms with E-state index in [2.05, 4.69) is 25.9 Å². The van der Waals surface area contributed by atoms with Gasteiger partial charge in [-0.15, -0.1) is 0 Å². The molecule has 1 aromatic carbocycles. The second kappa shape index (κ2) is 8.27. The average molecular weight is 420 g/mol. The number of carbonyl (C=O) groups excluding carboxylic acids is 1. The molecule has 0 saturated heterocycles. The van der Waals surface area contributed by atoms with E-state index in [0.717, 1.165) is 29.4 Å². The number of aryl methyl sites for hydroxylation is 1. The van der Waals surface area contributed by atoms with Gasteiger partial charge in [-0.25, -0.2) is 0 Å². The molecule has 1 saturated carbocycles. The van der Waals surface area contributed by atoms with Gasteiger partial charge < -0.3 is 10.0 Å². The van der Waals surface area contributed by atoms with Crippen molar-refractivity contribution in [3.63, 3.8) is 0 Å². The minimum Gasteiger partial charge on any atom is -0.390 e. The van der Waals surface area contributed by atoms with Crippen LogP contribution in [0, 0.1) is 5.92 Å². The third-order valence-electron chi connectivity index (χ3n) is 6.52. The summed E-state index contributed by atoms with van der Waals surface area (Å²) in [5.74, 6) is 0.0265. The van der Waals surface area contributed by atoms with Crippen LogP contribution in [0.15, 0.2) is 18.2 Å². The van der Waals surface area contributed by atoms with Gasteiger partial charge in [0.15, 0.2) is 0 Å². The van der Waals surface area contributed by atoms with Gasteiger partial charge in [-0.2, -0.15) is 5.10 Å². The van der Waals surface area contributed by atoms with Crippen LogP contribution in [0.4, 0.5) is 0 Å². The SMILES string of the molecule is CCC1(O)CC(C)CC(N(C(=O)C(C)c2nn(C)c3cccc(Cl)c23)C(C)C)C1. The maximum absolute atomic E-state index is 13.7. The summed E-state index contributed by atoms with van der Waals surface area (Å²) >= 11 is 6.48. The molecule has 6 heteroatoms. The second-order valence-corrected chi connectivity index (χ2v) is 9.59. The quantitative estimate of drug-likeness (QED) is 0.749. The van der Waals surface area contributed by atoms with Crippen molar-refractivity contribution < 1.29 is 9.90 Å². The molecule has 1 fully saturated rings. The van der Waals surface area contributed by atoms with Gasteiger partial charge in [0.25, 0.3) is 0 Å². The van der Waals surface area contributed by atoms with E-state index in [1.54, 1.807) is 4.68 Å². The van der Waals surface area contributed by atoms with Crippen LogP contribution < -0.4 is 0 Å². The van der Waals surface area contributed by atoms with E-state index in [4.69, 9.17) is 11.6 Å². The molecular formula is C23H34ClN3O2. The Morgan fingerprint density at radius 1 is 1.38 bits per heavy atom. The Labute approximate surface area is 179 Å². The van der Waals surface area contributed by atoms with E-state index in [0.29, 0.717) is 23.8 Å². The fraction of sp³-hybridized carbons (Fsp3) is 0.652. The van der Waals surface area contributed by atoms with Crippen LogP contribution in [-0.2, 0) is 11.8 Å². The van der Waals surface area contributed by atoms with Gasteiger partial charge >= 0.3 is 0 Å². The van der Waals surface area contributed by atoms with E-state index in [9.17, 15) is 9.90 Å². The maximum Gasteiger partial charge on any atom is 0.232 e. The van der Waals surface area contributed by atoms with Gasteiger partial charge in [0.2, 0.25) is 5.91 Å². The van der Waals surface area contributed by atoms with Gasteiger partial charge in [0, 0.05) is 24.5 Å². The highest BCUT2D eigenvalue weighted by atomic mass is 35.5. The molecule has 2 aromatic rings. The zero-order valence-electron chi connectivity index (χ0n) is 18.4.